The van der Waals surface area contributed by atoms with Crippen LogP contribution in [-0.4, -0.2) is 40.6 Å². The number of nitrogens with zero attached hydrogens (tertiary/aromatic N) is 3. The van der Waals surface area contributed by atoms with Gasteiger partial charge in [-0.1, -0.05) is 6.08 Å². The summed E-state index contributed by atoms with van der Waals surface area (Å²) < 4.78 is 66.9. The Morgan fingerprint density at radius 2 is 1.96 bits per heavy atom. The molecule has 10 heteroatoms. The molecule has 0 saturated carbocycles. The Labute approximate surface area is 145 Å². The van der Waals surface area contributed by atoms with Gasteiger partial charge in [0.15, 0.2) is 5.84 Å². The van der Waals surface area contributed by atoms with E-state index in [0.717, 1.165) is 0 Å². The SMILES string of the molecule is FC(F)(F)C(F)(F)CCCOc1ccc(C2=NNC3C=CC=CN23)cn1. The molecular formula is C16H15F5N4O. The van der Waals surface area contributed by atoms with Gasteiger partial charge in [-0.05, 0) is 24.6 Å². The lowest BCUT2D eigenvalue weighted by Gasteiger charge is -2.22. The Morgan fingerprint density at radius 1 is 1.15 bits per heavy atom. The van der Waals surface area contributed by atoms with E-state index in [1.807, 2.05) is 29.3 Å². The summed E-state index contributed by atoms with van der Waals surface area (Å²) in [6, 6.07) is 3.19. The lowest BCUT2D eigenvalue weighted by molar-refractivity contribution is -0.284. The molecule has 0 amide bonds. The van der Waals surface area contributed by atoms with Crippen LogP contribution in [0.2, 0.25) is 0 Å². The van der Waals surface area contributed by atoms with Crippen molar-refractivity contribution in [2.75, 3.05) is 6.61 Å². The molecule has 1 aromatic heterocycles. The van der Waals surface area contributed by atoms with Crippen LogP contribution in [0.3, 0.4) is 0 Å². The van der Waals surface area contributed by atoms with E-state index in [1.54, 1.807) is 6.07 Å². The third-order valence-electron chi connectivity index (χ3n) is 3.79. The van der Waals surface area contributed by atoms with Crippen LogP contribution < -0.4 is 10.2 Å². The van der Waals surface area contributed by atoms with Gasteiger partial charge in [-0.3, -0.25) is 5.43 Å². The number of alkyl halides is 5. The van der Waals surface area contributed by atoms with Gasteiger partial charge in [0.25, 0.3) is 0 Å². The van der Waals surface area contributed by atoms with E-state index in [0.29, 0.717) is 11.4 Å². The lowest BCUT2D eigenvalue weighted by Crippen LogP contribution is -2.36. The molecule has 140 valence electrons. The third-order valence-corrected chi connectivity index (χ3v) is 3.79. The fourth-order valence-corrected chi connectivity index (χ4v) is 2.41. The summed E-state index contributed by atoms with van der Waals surface area (Å²) in [6.07, 6.45) is 1.65. The maximum atomic E-state index is 12.8. The number of halogens is 5. The molecule has 0 saturated heterocycles. The van der Waals surface area contributed by atoms with E-state index in [-0.39, 0.29) is 18.7 Å². The molecule has 3 rings (SSSR count). The first kappa shape index (κ1) is 18.2. The molecule has 2 aliphatic rings. The van der Waals surface area contributed by atoms with Crippen molar-refractivity contribution >= 4 is 5.84 Å². The maximum absolute atomic E-state index is 12.8. The second-order valence-corrected chi connectivity index (χ2v) is 5.68. The number of nitrogens with one attached hydrogen (secondary N) is 1. The standard InChI is InChI=1S/C16H15F5N4O/c17-15(18,16(19,20)21)7-3-9-26-13-6-5-11(10-22-13)14-24-23-12-4-1-2-8-25(12)14/h1-2,4-6,8,10,12,23H,3,7,9H2. The van der Waals surface area contributed by atoms with Crippen molar-refractivity contribution in [1.29, 1.82) is 0 Å². The highest BCUT2D eigenvalue weighted by atomic mass is 19.4. The predicted molar refractivity (Wildman–Crippen MR) is 83.5 cm³/mol. The van der Waals surface area contributed by atoms with E-state index >= 15 is 0 Å². The molecular weight excluding hydrogens is 359 g/mol. The van der Waals surface area contributed by atoms with Gasteiger partial charge in [0, 0.05) is 30.4 Å². The molecule has 26 heavy (non-hydrogen) atoms. The highest BCUT2D eigenvalue weighted by Gasteiger charge is 2.56. The summed E-state index contributed by atoms with van der Waals surface area (Å²) in [5.74, 6) is -3.92. The zero-order valence-corrected chi connectivity index (χ0v) is 13.4. The van der Waals surface area contributed by atoms with Crippen LogP contribution in [0.25, 0.3) is 0 Å². The fraction of sp³-hybridized carbons (Fsp3) is 0.375. The maximum Gasteiger partial charge on any atom is 0.453 e. The fourth-order valence-electron chi connectivity index (χ4n) is 2.41. The Balaban J connectivity index is 1.51. The third kappa shape index (κ3) is 3.78. The Morgan fingerprint density at radius 3 is 2.65 bits per heavy atom. The molecule has 1 atom stereocenters. The number of ether oxygens (including phenoxy) is 1. The first-order chi connectivity index (χ1) is 12.3. The molecule has 0 aliphatic carbocycles. The summed E-state index contributed by atoms with van der Waals surface area (Å²) in [4.78, 5) is 5.93. The number of pyridine rings is 1. The van der Waals surface area contributed by atoms with Crippen molar-refractivity contribution in [2.24, 2.45) is 5.10 Å². The molecule has 1 aromatic rings. The summed E-state index contributed by atoms with van der Waals surface area (Å²) in [5, 5.41) is 4.22. The highest BCUT2D eigenvalue weighted by molar-refractivity contribution is 6.00. The van der Waals surface area contributed by atoms with E-state index in [9.17, 15) is 22.0 Å². The molecule has 3 heterocycles. The number of hydrogen-bond acceptors (Lipinski definition) is 5. The second kappa shape index (κ2) is 6.93. The van der Waals surface area contributed by atoms with Crippen LogP contribution >= 0.6 is 0 Å². The van der Waals surface area contributed by atoms with Crippen LogP contribution in [0.5, 0.6) is 5.88 Å². The van der Waals surface area contributed by atoms with Crippen molar-refractivity contribution in [2.45, 2.75) is 31.1 Å². The van der Waals surface area contributed by atoms with E-state index in [4.69, 9.17) is 4.74 Å². The zero-order valence-electron chi connectivity index (χ0n) is 13.4. The Hall–Kier alpha value is -2.65. The number of amidine groups is 1. The molecule has 0 aromatic carbocycles. The average Bonchev–Trinajstić information content (AvgIpc) is 3.02. The summed E-state index contributed by atoms with van der Waals surface area (Å²) in [6.45, 7) is -0.289. The van der Waals surface area contributed by atoms with E-state index < -0.39 is 24.9 Å². The van der Waals surface area contributed by atoms with Crippen molar-refractivity contribution in [3.05, 3.63) is 48.3 Å². The molecule has 0 bridgehead atoms. The normalized spacial score (nSPS) is 19.2. The van der Waals surface area contributed by atoms with Crippen molar-refractivity contribution in [3.8, 4) is 5.88 Å². The molecule has 0 fully saturated rings. The number of fused-ring (bicyclic) bond motifs is 1. The van der Waals surface area contributed by atoms with Gasteiger partial charge < -0.3 is 9.64 Å². The average molecular weight is 374 g/mol. The predicted octanol–water partition coefficient (Wildman–Crippen LogP) is 3.41. The highest BCUT2D eigenvalue weighted by Crippen LogP contribution is 2.38. The molecule has 0 radical (unpaired) electrons. The topological polar surface area (TPSA) is 49.8 Å². The summed E-state index contributed by atoms with van der Waals surface area (Å²) in [7, 11) is 0. The number of hydrazone groups is 1. The van der Waals surface area contributed by atoms with E-state index in [2.05, 4.69) is 15.5 Å². The Bertz CT molecular complexity index is 727. The first-order valence-electron chi connectivity index (χ1n) is 7.78. The van der Waals surface area contributed by atoms with Gasteiger partial charge in [0.05, 0.1) is 6.61 Å². The first-order valence-corrected chi connectivity index (χ1v) is 7.78. The van der Waals surface area contributed by atoms with Crippen LogP contribution in [0.1, 0.15) is 18.4 Å². The lowest BCUT2D eigenvalue weighted by atomic mass is 10.2. The molecule has 0 spiro atoms. The second-order valence-electron chi connectivity index (χ2n) is 5.68. The number of allylic oxidation sites excluding steroid dienone is 2. The van der Waals surface area contributed by atoms with Crippen LogP contribution in [0, 0.1) is 0 Å². The van der Waals surface area contributed by atoms with Gasteiger partial charge in [-0.15, -0.1) is 0 Å². The van der Waals surface area contributed by atoms with Crippen LogP contribution in [0.4, 0.5) is 22.0 Å². The quantitative estimate of drug-likeness (QED) is 0.613. The number of hydrogen-bond donors (Lipinski definition) is 1. The van der Waals surface area contributed by atoms with Crippen molar-refractivity contribution in [1.82, 2.24) is 15.3 Å². The molecule has 1 N–H and O–H groups in total. The van der Waals surface area contributed by atoms with Gasteiger partial charge in [0.2, 0.25) is 5.88 Å². The smallest absolute Gasteiger partial charge is 0.453 e. The van der Waals surface area contributed by atoms with Gasteiger partial charge in [0.1, 0.15) is 6.17 Å². The molecule has 1 unspecified atom stereocenters. The number of rotatable bonds is 6. The minimum atomic E-state index is -5.54. The largest absolute Gasteiger partial charge is 0.478 e. The zero-order chi connectivity index (χ0) is 18.8. The van der Waals surface area contributed by atoms with Crippen molar-refractivity contribution in [3.63, 3.8) is 0 Å². The van der Waals surface area contributed by atoms with Crippen LogP contribution in [-0.2, 0) is 0 Å². The molecule has 5 nitrogen and oxygen atoms in total. The van der Waals surface area contributed by atoms with Crippen molar-refractivity contribution < 1.29 is 26.7 Å². The Kier molecular flexibility index (Phi) is 4.84. The number of aromatic nitrogens is 1. The summed E-state index contributed by atoms with van der Waals surface area (Å²) in [5.41, 5.74) is 3.65. The summed E-state index contributed by atoms with van der Waals surface area (Å²) >= 11 is 0. The molecule has 2 aliphatic heterocycles. The van der Waals surface area contributed by atoms with Gasteiger partial charge in [-0.25, -0.2) is 4.98 Å². The van der Waals surface area contributed by atoms with Gasteiger partial charge in [-0.2, -0.15) is 27.1 Å². The van der Waals surface area contributed by atoms with E-state index in [1.165, 1.54) is 12.3 Å². The van der Waals surface area contributed by atoms with Crippen LogP contribution in [0.15, 0.2) is 47.9 Å². The monoisotopic (exact) mass is 374 g/mol. The minimum Gasteiger partial charge on any atom is -0.478 e. The minimum absolute atomic E-state index is 0.0683. The van der Waals surface area contributed by atoms with Gasteiger partial charge >= 0.3 is 12.1 Å².